The Balaban J connectivity index is 1.53. The van der Waals surface area contributed by atoms with E-state index in [9.17, 15) is 4.79 Å². The lowest BCUT2D eigenvalue weighted by molar-refractivity contribution is 0.0784. The third-order valence-electron chi connectivity index (χ3n) is 5.28. The van der Waals surface area contributed by atoms with Crippen LogP contribution in [0.15, 0.2) is 36.4 Å². The molecule has 0 radical (unpaired) electrons. The van der Waals surface area contributed by atoms with E-state index in [4.69, 9.17) is 26.1 Å². The van der Waals surface area contributed by atoms with Crippen molar-refractivity contribution in [2.75, 3.05) is 39.3 Å². The molecule has 2 aromatic carbocycles. The highest BCUT2D eigenvalue weighted by atomic mass is 35.5. The van der Waals surface area contributed by atoms with Gasteiger partial charge in [0.05, 0.1) is 30.5 Å². The summed E-state index contributed by atoms with van der Waals surface area (Å²) in [5.41, 5.74) is 1.40. The number of ether oxygens (including phenoxy) is 2. The van der Waals surface area contributed by atoms with Crippen LogP contribution in [0.5, 0.6) is 11.5 Å². The van der Waals surface area contributed by atoms with Crippen LogP contribution in [0.3, 0.4) is 0 Å². The van der Waals surface area contributed by atoms with E-state index in [2.05, 4.69) is 4.90 Å². The van der Waals surface area contributed by atoms with Gasteiger partial charge in [-0.1, -0.05) is 29.0 Å². The molecule has 1 amide bonds. The lowest BCUT2D eigenvalue weighted by Crippen LogP contribution is -2.36. The zero-order valence-corrected chi connectivity index (χ0v) is 18.1. The average molecular weight is 432 g/mol. The van der Waals surface area contributed by atoms with Gasteiger partial charge in [-0.2, -0.15) is 0 Å². The Hall–Kier alpha value is -2.51. The highest BCUT2D eigenvalue weighted by molar-refractivity contribution is 7.22. The molecule has 1 aromatic heterocycles. The zero-order chi connectivity index (χ0) is 20.5. The quantitative estimate of drug-likeness (QED) is 0.602. The number of amides is 1. The second-order valence-corrected chi connectivity index (χ2v) is 8.40. The van der Waals surface area contributed by atoms with Crippen molar-refractivity contribution in [1.82, 2.24) is 9.88 Å². The van der Waals surface area contributed by atoms with Crippen LogP contribution in [-0.4, -0.2) is 56.2 Å². The molecule has 8 heteroatoms. The number of likely N-dealkylation sites (N-methyl/N-ethyl adjacent to an activating group) is 1. The molecule has 6 nitrogen and oxygen atoms in total. The lowest BCUT2D eigenvalue weighted by atomic mass is 10.1. The summed E-state index contributed by atoms with van der Waals surface area (Å²) >= 11 is 7.71. The van der Waals surface area contributed by atoms with Crippen molar-refractivity contribution in [3.05, 3.63) is 47.0 Å². The summed E-state index contributed by atoms with van der Waals surface area (Å²) in [4.78, 5) is 21.9. The largest absolute Gasteiger partial charge is 0.496 e. The maximum absolute atomic E-state index is 13.2. The van der Waals surface area contributed by atoms with Gasteiger partial charge in [-0.25, -0.2) is 4.98 Å². The molecule has 2 heterocycles. The third kappa shape index (κ3) is 3.72. The standard InChI is InChI=1S/C21H22ClN3O3S/c1-24(21-23-15-8-7-13(22)11-18(15)29-21)14-9-10-25(12-14)20(26)19-16(27-2)5-4-6-17(19)28-3/h4-8,11,14H,9-10,12H2,1-3H3. The molecule has 1 unspecified atom stereocenters. The summed E-state index contributed by atoms with van der Waals surface area (Å²) in [7, 11) is 5.15. The highest BCUT2D eigenvalue weighted by Gasteiger charge is 2.33. The maximum Gasteiger partial charge on any atom is 0.261 e. The Morgan fingerprint density at radius 1 is 1.24 bits per heavy atom. The molecule has 1 aliphatic heterocycles. The fourth-order valence-corrected chi connectivity index (χ4v) is 4.93. The molecule has 0 bridgehead atoms. The molecule has 29 heavy (non-hydrogen) atoms. The Labute approximate surface area is 178 Å². The SMILES string of the molecule is COc1cccc(OC)c1C(=O)N1CCC(N(C)c2nc3ccc(Cl)cc3s2)C1. The number of thiazole rings is 1. The minimum absolute atomic E-state index is 0.0775. The number of anilines is 1. The van der Waals surface area contributed by atoms with E-state index < -0.39 is 0 Å². The number of nitrogens with zero attached hydrogens (tertiary/aromatic N) is 3. The first-order valence-electron chi connectivity index (χ1n) is 9.31. The molecule has 1 aliphatic rings. The predicted octanol–water partition coefficient (Wildman–Crippen LogP) is 4.32. The van der Waals surface area contributed by atoms with Gasteiger partial charge >= 0.3 is 0 Å². The molecule has 1 fully saturated rings. The molecule has 1 saturated heterocycles. The van der Waals surface area contributed by atoms with Crippen LogP contribution < -0.4 is 14.4 Å². The van der Waals surface area contributed by atoms with E-state index in [1.54, 1.807) is 37.7 Å². The number of hydrogen-bond donors (Lipinski definition) is 0. The van der Waals surface area contributed by atoms with Crippen LogP contribution in [0.2, 0.25) is 5.02 Å². The van der Waals surface area contributed by atoms with Crippen LogP contribution in [0.1, 0.15) is 16.8 Å². The van der Waals surface area contributed by atoms with E-state index in [1.165, 1.54) is 0 Å². The second kappa shape index (κ2) is 8.08. The fraction of sp³-hybridized carbons (Fsp3) is 0.333. The Kier molecular flexibility index (Phi) is 5.52. The average Bonchev–Trinajstić information content (AvgIpc) is 3.39. The van der Waals surface area contributed by atoms with Crippen LogP contribution in [0, 0.1) is 0 Å². The number of methoxy groups -OCH3 is 2. The van der Waals surface area contributed by atoms with Gasteiger partial charge in [0, 0.05) is 25.2 Å². The molecule has 0 spiro atoms. The number of benzene rings is 2. The van der Waals surface area contributed by atoms with Gasteiger partial charge in [0.15, 0.2) is 5.13 Å². The minimum Gasteiger partial charge on any atom is -0.496 e. The topological polar surface area (TPSA) is 54.9 Å². The Bertz CT molecular complexity index is 1030. The highest BCUT2D eigenvalue weighted by Crippen LogP contribution is 2.34. The van der Waals surface area contributed by atoms with Crippen molar-refractivity contribution in [2.24, 2.45) is 0 Å². The van der Waals surface area contributed by atoms with Crippen LogP contribution >= 0.6 is 22.9 Å². The number of halogens is 1. The maximum atomic E-state index is 13.2. The first kappa shape index (κ1) is 19.8. The van der Waals surface area contributed by atoms with E-state index in [-0.39, 0.29) is 11.9 Å². The molecule has 0 N–H and O–H groups in total. The molecule has 3 aromatic rings. The molecular formula is C21H22ClN3O3S. The molecule has 152 valence electrons. The molecule has 0 saturated carbocycles. The number of aromatic nitrogens is 1. The van der Waals surface area contributed by atoms with Gasteiger partial charge in [0.2, 0.25) is 0 Å². The van der Waals surface area contributed by atoms with Crippen LogP contribution in [0.4, 0.5) is 5.13 Å². The summed E-state index contributed by atoms with van der Waals surface area (Å²) in [5.74, 6) is 0.967. The van der Waals surface area contributed by atoms with Crippen LogP contribution in [0.25, 0.3) is 10.2 Å². The fourth-order valence-electron chi connectivity index (χ4n) is 3.66. The van der Waals surface area contributed by atoms with Gasteiger partial charge in [-0.3, -0.25) is 4.79 Å². The Morgan fingerprint density at radius 2 is 1.97 bits per heavy atom. The van der Waals surface area contributed by atoms with E-state index in [1.807, 2.05) is 36.2 Å². The van der Waals surface area contributed by atoms with E-state index in [0.717, 1.165) is 21.8 Å². The minimum atomic E-state index is -0.0775. The summed E-state index contributed by atoms with van der Waals surface area (Å²) < 4.78 is 11.9. The number of likely N-dealkylation sites (tertiary alicyclic amines) is 1. The Morgan fingerprint density at radius 3 is 2.66 bits per heavy atom. The van der Waals surface area contributed by atoms with Crippen molar-refractivity contribution in [2.45, 2.75) is 12.5 Å². The molecule has 4 rings (SSSR count). The summed E-state index contributed by atoms with van der Waals surface area (Å²) in [6.07, 6.45) is 0.871. The predicted molar refractivity (Wildman–Crippen MR) is 117 cm³/mol. The summed E-state index contributed by atoms with van der Waals surface area (Å²) in [6, 6.07) is 11.3. The summed E-state index contributed by atoms with van der Waals surface area (Å²) in [5, 5.41) is 1.63. The zero-order valence-electron chi connectivity index (χ0n) is 16.5. The van der Waals surface area contributed by atoms with Crippen molar-refractivity contribution in [3.63, 3.8) is 0 Å². The van der Waals surface area contributed by atoms with Crippen molar-refractivity contribution < 1.29 is 14.3 Å². The van der Waals surface area contributed by atoms with Crippen LogP contribution in [-0.2, 0) is 0 Å². The number of hydrogen-bond acceptors (Lipinski definition) is 6. The van der Waals surface area contributed by atoms with Gasteiger partial charge in [-0.05, 0) is 36.8 Å². The summed E-state index contributed by atoms with van der Waals surface area (Å²) in [6.45, 7) is 1.29. The van der Waals surface area contributed by atoms with E-state index in [0.29, 0.717) is 35.2 Å². The molecule has 0 aliphatic carbocycles. The third-order valence-corrected chi connectivity index (χ3v) is 6.62. The second-order valence-electron chi connectivity index (χ2n) is 6.95. The van der Waals surface area contributed by atoms with Gasteiger partial charge in [-0.15, -0.1) is 0 Å². The van der Waals surface area contributed by atoms with Crippen molar-refractivity contribution in [3.8, 4) is 11.5 Å². The smallest absolute Gasteiger partial charge is 0.261 e. The number of carbonyl (C=O) groups is 1. The monoisotopic (exact) mass is 431 g/mol. The van der Waals surface area contributed by atoms with Crippen molar-refractivity contribution >= 4 is 44.2 Å². The van der Waals surface area contributed by atoms with Crippen molar-refractivity contribution in [1.29, 1.82) is 0 Å². The normalized spacial score (nSPS) is 16.3. The van der Waals surface area contributed by atoms with Gasteiger partial charge in [0.25, 0.3) is 5.91 Å². The number of carbonyl (C=O) groups excluding carboxylic acids is 1. The number of fused-ring (bicyclic) bond motifs is 1. The van der Waals surface area contributed by atoms with E-state index >= 15 is 0 Å². The lowest BCUT2D eigenvalue weighted by Gasteiger charge is -2.24. The van der Waals surface area contributed by atoms with Gasteiger partial charge < -0.3 is 19.3 Å². The molecule has 1 atom stereocenters. The van der Waals surface area contributed by atoms with Gasteiger partial charge in [0.1, 0.15) is 17.1 Å². The number of rotatable bonds is 5. The molecular weight excluding hydrogens is 410 g/mol. The first-order valence-corrected chi connectivity index (χ1v) is 10.5. The first-order chi connectivity index (χ1) is 14.0.